The summed E-state index contributed by atoms with van der Waals surface area (Å²) < 4.78 is 37.2. The van der Waals surface area contributed by atoms with Crippen molar-refractivity contribution in [3.05, 3.63) is 35.6 Å². The Labute approximate surface area is 107 Å². The van der Waals surface area contributed by atoms with Crippen molar-refractivity contribution in [2.75, 3.05) is 6.61 Å². The van der Waals surface area contributed by atoms with Crippen LogP contribution in [0.25, 0.3) is 0 Å². The molecule has 0 saturated carbocycles. The van der Waals surface area contributed by atoms with Crippen molar-refractivity contribution >= 4 is 5.97 Å². The summed E-state index contributed by atoms with van der Waals surface area (Å²) in [6.07, 6.45) is 1.78. The highest BCUT2D eigenvalue weighted by molar-refractivity contribution is 5.87. The van der Waals surface area contributed by atoms with E-state index in [0.717, 1.165) is 12.2 Å². The van der Waals surface area contributed by atoms with E-state index in [1.165, 1.54) is 6.08 Å². The van der Waals surface area contributed by atoms with Crippen LogP contribution in [0.15, 0.2) is 28.5 Å². The van der Waals surface area contributed by atoms with Crippen LogP contribution in [0, 0.1) is 0 Å². The summed E-state index contributed by atoms with van der Waals surface area (Å²) in [5.41, 5.74) is -0.494. The quantitative estimate of drug-likeness (QED) is 0.911. The van der Waals surface area contributed by atoms with Crippen molar-refractivity contribution in [2.45, 2.75) is 19.0 Å². The fourth-order valence-electron chi connectivity index (χ4n) is 1.69. The number of carboxylic acids is 1. The molecular formula is C12H11F2NO4. The van der Waals surface area contributed by atoms with Gasteiger partial charge in [-0.2, -0.15) is 0 Å². The minimum Gasteiger partial charge on any atom is -0.476 e. The van der Waals surface area contributed by atoms with Crippen molar-refractivity contribution in [2.24, 2.45) is 0 Å². The molecule has 5 nitrogen and oxygen atoms in total. The third-order valence-electron chi connectivity index (χ3n) is 2.52. The van der Waals surface area contributed by atoms with E-state index in [2.05, 4.69) is 4.98 Å². The maximum Gasteiger partial charge on any atom is 0.362 e. The number of aromatic nitrogens is 1. The van der Waals surface area contributed by atoms with Gasteiger partial charge in [-0.3, -0.25) is 0 Å². The number of allylic oxidation sites excluding steroid dienone is 4. The Morgan fingerprint density at radius 1 is 1.63 bits per heavy atom. The van der Waals surface area contributed by atoms with Gasteiger partial charge in [0.05, 0.1) is 6.61 Å². The summed E-state index contributed by atoms with van der Waals surface area (Å²) in [5.74, 6) is -4.25. The molecule has 0 fully saturated rings. The molecule has 2 rings (SSSR count). The van der Waals surface area contributed by atoms with Gasteiger partial charge in [-0.25, -0.2) is 18.6 Å². The number of aromatic carboxylic acids is 1. The molecule has 19 heavy (non-hydrogen) atoms. The molecule has 0 bridgehead atoms. The average molecular weight is 271 g/mol. The number of oxazole rings is 1. The third-order valence-corrected chi connectivity index (χ3v) is 2.52. The molecule has 2 atom stereocenters. The number of carboxylic acid groups (broad SMARTS) is 1. The van der Waals surface area contributed by atoms with Crippen LogP contribution < -0.4 is 4.74 Å². The third kappa shape index (κ3) is 2.49. The molecule has 1 aliphatic rings. The van der Waals surface area contributed by atoms with E-state index in [-0.39, 0.29) is 18.4 Å². The molecule has 0 aromatic carbocycles. The summed E-state index contributed by atoms with van der Waals surface area (Å²) in [6.45, 7) is 1.77. The van der Waals surface area contributed by atoms with Gasteiger partial charge in [-0.1, -0.05) is 6.08 Å². The standard InChI is InChI=1S/C12H11F2NO4/c1-2-18-12-9(11(16)17)15-10(19-12)8-6(13)4-3-5-7(8)14/h3-6,8H,2H2,1H3,(H,16,17). The first-order valence-electron chi connectivity index (χ1n) is 5.59. The van der Waals surface area contributed by atoms with Gasteiger partial charge in [-0.05, 0) is 19.1 Å². The molecule has 0 amide bonds. The number of alkyl halides is 1. The van der Waals surface area contributed by atoms with Crippen LogP contribution in [0.1, 0.15) is 29.2 Å². The summed E-state index contributed by atoms with van der Waals surface area (Å²) in [7, 11) is 0. The normalized spacial score (nSPS) is 22.2. The van der Waals surface area contributed by atoms with Crippen LogP contribution in [-0.2, 0) is 0 Å². The number of halogens is 2. The SMILES string of the molecule is CCOc1oc(C2C(F)=CC=CC2F)nc1C(=O)O. The van der Waals surface area contributed by atoms with E-state index < -0.39 is 29.6 Å². The largest absolute Gasteiger partial charge is 0.476 e. The predicted molar refractivity (Wildman–Crippen MR) is 60.6 cm³/mol. The van der Waals surface area contributed by atoms with Crippen LogP contribution in [0.2, 0.25) is 0 Å². The smallest absolute Gasteiger partial charge is 0.362 e. The van der Waals surface area contributed by atoms with E-state index >= 15 is 0 Å². The van der Waals surface area contributed by atoms with Crippen LogP contribution in [0.5, 0.6) is 5.95 Å². The van der Waals surface area contributed by atoms with Gasteiger partial charge in [0.2, 0.25) is 11.6 Å². The topological polar surface area (TPSA) is 72.6 Å². The van der Waals surface area contributed by atoms with Gasteiger partial charge < -0.3 is 14.3 Å². The summed E-state index contributed by atoms with van der Waals surface area (Å²) in [5, 5.41) is 8.92. The molecule has 0 radical (unpaired) electrons. The monoisotopic (exact) mass is 271 g/mol. The average Bonchev–Trinajstić information content (AvgIpc) is 2.73. The highest BCUT2D eigenvalue weighted by atomic mass is 19.1. The Morgan fingerprint density at radius 3 is 2.95 bits per heavy atom. The van der Waals surface area contributed by atoms with Crippen LogP contribution in [0.4, 0.5) is 8.78 Å². The maximum absolute atomic E-state index is 13.7. The lowest BCUT2D eigenvalue weighted by molar-refractivity contribution is 0.0683. The van der Waals surface area contributed by atoms with Crippen LogP contribution in [-0.4, -0.2) is 28.8 Å². The van der Waals surface area contributed by atoms with E-state index in [9.17, 15) is 13.6 Å². The number of nitrogens with zero attached hydrogens (tertiary/aromatic N) is 1. The van der Waals surface area contributed by atoms with Gasteiger partial charge in [0, 0.05) is 0 Å². The van der Waals surface area contributed by atoms with Crippen LogP contribution in [0.3, 0.4) is 0 Å². The fourth-order valence-corrected chi connectivity index (χ4v) is 1.69. The van der Waals surface area contributed by atoms with E-state index in [1.807, 2.05) is 0 Å². The zero-order valence-corrected chi connectivity index (χ0v) is 9.97. The number of hydrogen-bond acceptors (Lipinski definition) is 4. The zero-order chi connectivity index (χ0) is 14.0. The summed E-state index contributed by atoms with van der Waals surface area (Å²) >= 11 is 0. The Bertz CT molecular complexity index is 550. The van der Waals surface area contributed by atoms with Gasteiger partial charge in [-0.15, -0.1) is 0 Å². The lowest BCUT2D eigenvalue weighted by Crippen LogP contribution is -2.15. The van der Waals surface area contributed by atoms with Gasteiger partial charge in [0.15, 0.2) is 0 Å². The van der Waals surface area contributed by atoms with Gasteiger partial charge in [0.1, 0.15) is 17.9 Å². The molecule has 1 aromatic rings. The molecule has 0 aliphatic heterocycles. The Balaban J connectivity index is 2.40. The van der Waals surface area contributed by atoms with Crippen molar-refractivity contribution < 1.29 is 27.8 Å². The number of ether oxygens (including phenoxy) is 1. The van der Waals surface area contributed by atoms with Gasteiger partial charge >= 0.3 is 11.9 Å². The van der Waals surface area contributed by atoms with Crippen LogP contribution >= 0.6 is 0 Å². The Kier molecular flexibility index (Phi) is 3.64. The first kappa shape index (κ1) is 13.3. The molecule has 1 aliphatic carbocycles. The molecule has 1 heterocycles. The first-order chi connectivity index (χ1) is 9.04. The molecule has 1 aromatic heterocycles. The molecule has 2 unspecified atom stereocenters. The molecule has 7 heteroatoms. The molecule has 102 valence electrons. The van der Waals surface area contributed by atoms with E-state index in [0.29, 0.717) is 0 Å². The highest BCUT2D eigenvalue weighted by Crippen LogP contribution is 2.36. The van der Waals surface area contributed by atoms with E-state index in [4.69, 9.17) is 14.3 Å². The second-order valence-corrected chi connectivity index (χ2v) is 3.78. The predicted octanol–water partition coefficient (Wildman–Crippen LogP) is 2.62. The lowest BCUT2D eigenvalue weighted by atomic mass is 9.97. The van der Waals surface area contributed by atoms with Crippen molar-refractivity contribution in [3.63, 3.8) is 0 Å². The van der Waals surface area contributed by atoms with E-state index in [1.54, 1.807) is 6.92 Å². The van der Waals surface area contributed by atoms with Crippen molar-refractivity contribution in [3.8, 4) is 5.95 Å². The first-order valence-corrected chi connectivity index (χ1v) is 5.59. The van der Waals surface area contributed by atoms with Gasteiger partial charge in [0.25, 0.3) is 0 Å². The zero-order valence-electron chi connectivity index (χ0n) is 9.97. The second-order valence-electron chi connectivity index (χ2n) is 3.78. The molecule has 1 N–H and O–H groups in total. The molecule has 0 saturated heterocycles. The summed E-state index contributed by atoms with van der Waals surface area (Å²) in [4.78, 5) is 14.5. The maximum atomic E-state index is 13.7. The number of carbonyl (C=O) groups is 1. The Hall–Kier alpha value is -2.18. The molecule has 0 spiro atoms. The summed E-state index contributed by atoms with van der Waals surface area (Å²) in [6, 6.07) is 0. The fraction of sp³-hybridized carbons (Fsp3) is 0.333. The minimum atomic E-state index is -1.67. The number of hydrogen-bond donors (Lipinski definition) is 1. The number of rotatable bonds is 4. The second kappa shape index (κ2) is 5.21. The highest BCUT2D eigenvalue weighted by Gasteiger charge is 2.34. The van der Waals surface area contributed by atoms with Crippen molar-refractivity contribution in [1.29, 1.82) is 0 Å². The lowest BCUT2D eigenvalue weighted by Gasteiger charge is -2.15. The molecular weight excluding hydrogens is 260 g/mol. The Morgan fingerprint density at radius 2 is 2.37 bits per heavy atom. The minimum absolute atomic E-state index is 0.150. The van der Waals surface area contributed by atoms with Crippen molar-refractivity contribution in [1.82, 2.24) is 4.98 Å².